The summed E-state index contributed by atoms with van der Waals surface area (Å²) >= 11 is 0. The Labute approximate surface area is 103 Å². The number of anilines is 2. The lowest BCUT2D eigenvalue weighted by molar-refractivity contribution is 0.724. The average molecular weight is 234 g/mol. The lowest BCUT2D eigenvalue weighted by atomic mass is 10.2. The van der Waals surface area contributed by atoms with Gasteiger partial charge in [-0.25, -0.2) is 0 Å². The smallest absolute Gasteiger partial charge is 0.0766 e. The highest BCUT2D eigenvalue weighted by molar-refractivity contribution is 5.69. The third kappa shape index (κ3) is 3.33. The summed E-state index contributed by atoms with van der Waals surface area (Å²) in [6.45, 7) is 8.67. The maximum Gasteiger partial charge on any atom is 0.0766 e. The van der Waals surface area contributed by atoms with Crippen molar-refractivity contribution in [1.82, 2.24) is 10.3 Å². The van der Waals surface area contributed by atoms with Crippen LogP contribution in [0.4, 0.5) is 11.4 Å². The molecule has 1 aliphatic rings. The molecule has 0 atom stereocenters. The molecule has 17 heavy (non-hydrogen) atoms. The molecular formula is C13H22N4. The van der Waals surface area contributed by atoms with Gasteiger partial charge in [0.15, 0.2) is 0 Å². The van der Waals surface area contributed by atoms with Crippen LogP contribution in [0, 0.1) is 0 Å². The molecule has 2 rings (SSSR count). The van der Waals surface area contributed by atoms with Crippen molar-refractivity contribution < 1.29 is 0 Å². The van der Waals surface area contributed by atoms with Gasteiger partial charge in [0.05, 0.1) is 17.6 Å². The first-order valence-electron chi connectivity index (χ1n) is 6.43. The molecule has 1 aliphatic heterocycles. The molecule has 94 valence electrons. The van der Waals surface area contributed by atoms with E-state index in [1.54, 1.807) is 0 Å². The first kappa shape index (κ1) is 12.2. The maximum absolute atomic E-state index is 4.21. The van der Waals surface area contributed by atoms with E-state index in [0.29, 0.717) is 6.04 Å². The molecule has 0 amide bonds. The quantitative estimate of drug-likeness (QED) is 0.835. The highest BCUT2D eigenvalue weighted by Crippen LogP contribution is 2.25. The zero-order valence-corrected chi connectivity index (χ0v) is 10.7. The molecule has 2 heterocycles. The van der Waals surface area contributed by atoms with Crippen molar-refractivity contribution in [2.75, 3.05) is 36.4 Å². The summed E-state index contributed by atoms with van der Waals surface area (Å²) in [5.41, 5.74) is 2.42. The molecule has 0 spiro atoms. The average Bonchev–Trinajstić information content (AvgIpc) is 2.57. The molecule has 4 nitrogen and oxygen atoms in total. The molecule has 1 saturated heterocycles. The van der Waals surface area contributed by atoms with Crippen molar-refractivity contribution >= 4 is 11.4 Å². The molecule has 0 bridgehead atoms. The topological polar surface area (TPSA) is 40.2 Å². The van der Waals surface area contributed by atoms with Gasteiger partial charge in [0, 0.05) is 31.9 Å². The minimum Gasteiger partial charge on any atom is -0.380 e. The summed E-state index contributed by atoms with van der Waals surface area (Å²) in [6.07, 6.45) is 5.00. The van der Waals surface area contributed by atoms with Crippen LogP contribution in [0.2, 0.25) is 0 Å². The molecule has 1 aromatic heterocycles. The lowest BCUT2D eigenvalue weighted by Crippen LogP contribution is -2.29. The van der Waals surface area contributed by atoms with Crippen LogP contribution in [-0.2, 0) is 0 Å². The zero-order chi connectivity index (χ0) is 12.1. The van der Waals surface area contributed by atoms with Gasteiger partial charge in [-0.2, -0.15) is 0 Å². The van der Waals surface area contributed by atoms with E-state index in [0.717, 1.165) is 31.9 Å². The fraction of sp³-hybridized carbons (Fsp3) is 0.615. The summed E-state index contributed by atoms with van der Waals surface area (Å²) in [4.78, 5) is 6.65. The molecule has 1 aromatic rings. The minimum absolute atomic E-state index is 0.433. The lowest BCUT2D eigenvalue weighted by Gasteiger charge is -2.26. The summed E-state index contributed by atoms with van der Waals surface area (Å²) in [6, 6.07) is 2.54. The van der Waals surface area contributed by atoms with Crippen LogP contribution in [0.3, 0.4) is 0 Å². The molecule has 0 radical (unpaired) electrons. The van der Waals surface area contributed by atoms with E-state index < -0.39 is 0 Å². The van der Waals surface area contributed by atoms with Gasteiger partial charge in [-0.1, -0.05) is 0 Å². The van der Waals surface area contributed by atoms with Gasteiger partial charge in [0.2, 0.25) is 0 Å². The van der Waals surface area contributed by atoms with Crippen molar-refractivity contribution in [1.29, 1.82) is 0 Å². The van der Waals surface area contributed by atoms with Crippen LogP contribution in [0.25, 0.3) is 0 Å². The van der Waals surface area contributed by atoms with Gasteiger partial charge in [-0.15, -0.1) is 0 Å². The Morgan fingerprint density at radius 2 is 2.24 bits per heavy atom. The fourth-order valence-electron chi connectivity index (χ4n) is 2.17. The summed E-state index contributed by atoms with van der Waals surface area (Å²) in [7, 11) is 0. The van der Waals surface area contributed by atoms with E-state index in [2.05, 4.69) is 40.4 Å². The number of rotatable bonds is 3. The zero-order valence-electron chi connectivity index (χ0n) is 10.7. The van der Waals surface area contributed by atoms with Crippen molar-refractivity contribution in [2.24, 2.45) is 0 Å². The minimum atomic E-state index is 0.433. The van der Waals surface area contributed by atoms with Crippen molar-refractivity contribution in [3.05, 3.63) is 18.5 Å². The van der Waals surface area contributed by atoms with E-state index in [9.17, 15) is 0 Å². The van der Waals surface area contributed by atoms with Crippen molar-refractivity contribution in [2.45, 2.75) is 26.3 Å². The Morgan fingerprint density at radius 1 is 1.35 bits per heavy atom. The van der Waals surface area contributed by atoms with E-state index in [1.807, 2.05) is 12.4 Å². The maximum atomic E-state index is 4.21. The van der Waals surface area contributed by atoms with Gasteiger partial charge < -0.3 is 15.5 Å². The van der Waals surface area contributed by atoms with E-state index in [1.165, 1.54) is 12.1 Å². The van der Waals surface area contributed by atoms with Gasteiger partial charge in [-0.05, 0) is 32.9 Å². The number of pyridine rings is 1. The second-order valence-electron chi connectivity index (χ2n) is 4.78. The molecule has 4 heteroatoms. The summed E-state index contributed by atoms with van der Waals surface area (Å²) in [5.74, 6) is 0. The van der Waals surface area contributed by atoms with E-state index in [4.69, 9.17) is 0 Å². The molecule has 0 aromatic carbocycles. The van der Waals surface area contributed by atoms with Gasteiger partial charge in [0.25, 0.3) is 0 Å². The monoisotopic (exact) mass is 234 g/mol. The molecular weight excluding hydrogens is 212 g/mol. The Balaban J connectivity index is 2.17. The molecule has 0 unspecified atom stereocenters. The van der Waals surface area contributed by atoms with Gasteiger partial charge >= 0.3 is 0 Å². The normalized spacial score (nSPS) is 17.0. The Morgan fingerprint density at radius 3 is 3.06 bits per heavy atom. The molecule has 2 N–H and O–H groups in total. The van der Waals surface area contributed by atoms with Crippen molar-refractivity contribution in [3.8, 4) is 0 Å². The predicted molar refractivity (Wildman–Crippen MR) is 72.7 cm³/mol. The number of aromatic nitrogens is 1. The summed E-state index contributed by atoms with van der Waals surface area (Å²) < 4.78 is 0. The van der Waals surface area contributed by atoms with Crippen LogP contribution in [0.15, 0.2) is 18.5 Å². The highest BCUT2D eigenvalue weighted by atomic mass is 15.2. The fourth-order valence-corrected chi connectivity index (χ4v) is 2.17. The number of nitrogens with one attached hydrogen (secondary N) is 2. The second kappa shape index (κ2) is 5.87. The number of hydrogen-bond donors (Lipinski definition) is 2. The number of nitrogens with zero attached hydrogens (tertiary/aromatic N) is 2. The van der Waals surface area contributed by atoms with Crippen LogP contribution < -0.4 is 15.5 Å². The first-order chi connectivity index (χ1) is 8.27. The van der Waals surface area contributed by atoms with Crippen LogP contribution in [-0.4, -0.2) is 37.2 Å². The van der Waals surface area contributed by atoms with Crippen LogP contribution >= 0.6 is 0 Å². The summed E-state index contributed by atoms with van der Waals surface area (Å²) in [5, 5.41) is 6.90. The third-order valence-corrected chi connectivity index (χ3v) is 2.92. The van der Waals surface area contributed by atoms with Gasteiger partial charge in [-0.3, -0.25) is 4.98 Å². The molecule has 0 saturated carbocycles. The first-order valence-corrected chi connectivity index (χ1v) is 6.43. The van der Waals surface area contributed by atoms with Gasteiger partial charge in [0.1, 0.15) is 0 Å². The number of hydrogen-bond acceptors (Lipinski definition) is 4. The highest BCUT2D eigenvalue weighted by Gasteiger charge is 2.13. The Kier molecular flexibility index (Phi) is 4.20. The van der Waals surface area contributed by atoms with Crippen LogP contribution in [0.1, 0.15) is 20.3 Å². The van der Waals surface area contributed by atoms with Crippen molar-refractivity contribution in [3.63, 3.8) is 0 Å². The molecule has 1 fully saturated rings. The third-order valence-electron chi connectivity index (χ3n) is 2.92. The van der Waals surface area contributed by atoms with E-state index >= 15 is 0 Å². The largest absolute Gasteiger partial charge is 0.380 e. The molecule has 0 aliphatic carbocycles. The predicted octanol–water partition coefficient (Wildman–Crippen LogP) is 1.70. The standard InChI is InChI=1S/C13H22N4/c1-11(2)16-12-10-15-6-4-13(12)17-8-3-5-14-7-9-17/h4,6,10-11,14,16H,3,5,7-9H2,1-2H3. The Bertz CT molecular complexity index is 343. The Hall–Kier alpha value is -1.29. The SMILES string of the molecule is CC(C)Nc1cnccc1N1CCCNCC1. The second-order valence-corrected chi connectivity index (χ2v) is 4.78. The van der Waals surface area contributed by atoms with E-state index in [-0.39, 0.29) is 0 Å². The van der Waals surface area contributed by atoms with Crippen LogP contribution in [0.5, 0.6) is 0 Å².